The first-order valence-electron chi connectivity index (χ1n) is 4.58. The van der Waals surface area contributed by atoms with E-state index < -0.39 is 0 Å². The van der Waals surface area contributed by atoms with Gasteiger partial charge in [0.2, 0.25) is 0 Å². The van der Waals surface area contributed by atoms with E-state index in [1.165, 1.54) is 31.2 Å². The highest BCUT2D eigenvalue weighted by Crippen LogP contribution is 2.63. The second-order valence-electron chi connectivity index (χ2n) is 4.25. The van der Waals surface area contributed by atoms with Gasteiger partial charge in [0.05, 0.1) is 12.5 Å². The Morgan fingerprint density at radius 1 is 1.25 bits per heavy atom. The van der Waals surface area contributed by atoms with Gasteiger partial charge >= 0.3 is 0 Å². The summed E-state index contributed by atoms with van der Waals surface area (Å²) in [5.41, 5.74) is 7.99. The van der Waals surface area contributed by atoms with Crippen LogP contribution in [0.4, 0.5) is 0 Å². The van der Waals surface area contributed by atoms with Crippen LogP contribution in [0.15, 0.2) is 23.0 Å². The zero-order valence-electron chi connectivity index (χ0n) is 7.05. The highest BCUT2D eigenvalue weighted by molar-refractivity contribution is 5.38. The largest absolute Gasteiger partial charge is 0.472 e. The molecular formula is C10H13NO. The van der Waals surface area contributed by atoms with Crippen molar-refractivity contribution in [1.29, 1.82) is 0 Å². The molecule has 0 unspecified atom stereocenters. The van der Waals surface area contributed by atoms with Gasteiger partial charge in [0, 0.05) is 11.0 Å². The van der Waals surface area contributed by atoms with Crippen molar-refractivity contribution < 1.29 is 4.42 Å². The lowest BCUT2D eigenvalue weighted by atomic mass is 9.88. The Balaban J connectivity index is 2.02. The summed E-state index contributed by atoms with van der Waals surface area (Å²) in [6.45, 7) is 0. The Hall–Kier alpha value is -0.760. The van der Waals surface area contributed by atoms with Crippen LogP contribution >= 0.6 is 0 Å². The van der Waals surface area contributed by atoms with Crippen LogP contribution in [-0.4, -0.2) is 5.54 Å². The van der Waals surface area contributed by atoms with Gasteiger partial charge in [0.1, 0.15) is 0 Å². The van der Waals surface area contributed by atoms with E-state index in [0.717, 1.165) is 0 Å². The van der Waals surface area contributed by atoms with Crippen LogP contribution in [0.25, 0.3) is 0 Å². The first-order valence-corrected chi connectivity index (χ1v) is 4.58. The Bertz CT molecular complexity index is 294. The highest BCUT2D eigenvalue weighted by atomic mass is 16.3. The van der Waals surface area contributed by atoms with Crippen molar-refractivity contribution in [2.75, 3.05) is 0 Å². The maximum absolute atomic E-state index is 6.24. The van der Waals surface area contributed by atoms with Gasteiger partial charge in [-0.2, -0.15) is 0 Å². The van der Waals surface area contributed by atoms with E-state index in [-0.39, 0.29) is 5.54 Å². The van der Waals surface area contributed by atoms with Crippen molar-refractivity contribution in [1.82, 2.24) is 0 Å². The van der Waals surface area contributed by atoms with Gasteiger partial charge in [-0.05, 0) is 37.3 Å². The molecule has 1 aromatic heterocycles. The van der Waals surface area contributed by atoms with Gasteiger partial charge < -0.3 is 10.2 Å². The zero-order valence-corrected chi connectivity index (χ0v) is 7.05. The third-order valence-corrected chi connectivity index (χ3v) is 3.57. The van der Waals surface area contributed by atoms with Gasteiger partial charge in [-0.15, -0.1) is 0 Å². The summed E-state index contributed by atoms with van der Waals surface area (Å²) in [7, 11) is 0. The summed E-state index contributed by atoms with van der Waals surface area (Å²) in [5, 5.41) is 0. The molecular weight excluding hydrogens is 150 g/mol. The van der Waals surface area contributed by atoms with Gasteiger partial charge in [0.25, 0.3) is 0 Å². The molecule has 2 nitrogen and oxygen atoms in total. The molecule has 3 rings (SSSR count). The molecule has 0 amide bonds. The quantitative estimate of drug-likeness (QED) is 0.722. The fourth-order valence-corrected chi connectivity index (χ4v) is 2.35. The number of rotatable bonds is 2. The lowest BCUT2D eigenvalue weighted by Crippen LogP contribution is -2.36. The summed E-state index contributed by atoms with van der Waals surface area (Å²) in [5.74, 6) is 0. The van der Waals surface area contributed by atoms with Crippen LogP contribution in [0.5, 0.6) is 0 Å². The van der Waals surface area contributed by atoms with Crippen molar-refractivity contribution >= 4 is 0 Å². The summed E-state index contributed by atoms with van der Waals surface area (Å²) < 4.78 is 5.11. The molecule has 0 aliphatic heterocycles. The number of hydrogen-bond donors (Lipinski definition) is 1. The average molecular weight is 163 g/mol. The molecule has 12 heavy (non-hydrogen) atoms. The Labute approximate surface area is 71.7 Å². The molecule has 2 heteroatoms. The Kier molecular flexibility index (Phi) is 0.990. The van der Waals surface area contributed by atoms with E-state index in [1.54, 1.807) is 6.26 Å². The van der Waals surface area contributed by atoms with Crippen LogP contribution in [0, 0.1) is 0 Å². The third kappa shape index (κ3) is 0.643. The SMILES string of the molecule is NC1(C2(c3ccoc3)CC2)CC1. The summed E-state index contributed by atoms with van der Waals surface area (Å²) in [6.07, 6.45) is 8.50. The average Bonchev–Trinajstić information content (AvgIpc) is 2.96. The number of furan rings is 1. The number of nitrogens with two attached hydrogens (primary N) is 1. The maximum atomic E-state index is 6.24. The fraction of sp³-hybridized carbons (Fsp3) is 0.600. The summed E-state index contributed by atoms with van der Waals surface area (Å²) in [6, 6.07) is 2.07. The first kappa shape index (κ1) is 6.72. The van der Waals surface area contributed by atoms with Crippen molar-refractivity contribution in [2.45, 2.75) is 36.6 Å². The Morgan fingerprint density at radius 3 is 2.42 bits per heavy atom. The van der Waals surface area contributed by atoms with E-state index in [1.807, 2.05) is 6.26 Å². The normalized spacial score (nSPS) is 28.4. The predicted molar refractivity (Wildman–Crippen MR) is 45.8 cm³/mol. The smallest absolute Gasteiger partial charge is 0.0940 e. The van der Waals surface area contributed by atoms with E-state index in [0.29, 0.717) is 5.41 Å². The lowest BCUT2D eigenvalue weighted by Gasteiger charge is -2.20. The molecule has 0 saturated heterocycles. The van der Waals surface area contributed by atoms with Crippen molar-refractivity contribution in [3.05, 3.63) is 24.2 Å². The molecule has 1 aromatic rings. The molecule has 2 aliphatic carbocycles. The molecule has 0 atom stereocenters. The third-order valence-electron chi connectivity index (χ3n) is 3.57. The van der Waals surface area contributed by atoms with Crippen molar-refractivity contribution in [2.24, 2.45) is 5.73 Å². The molecule has 2 aliphatic rings. The van der Waals surface area contributed by atoms with E-state index in [9.17, 15) is 0 Å². The standard InChI is InChI=1S/C10H13NO/c11-10(4-5-10)9(2-3-9)8-1-6-12-7-8/h1,6-7H,2-5,11H2. The predicted octanol–water partition coefficient (Wildman–Crippen LogP) is 1.80. The van der Waals surface area contributed by atoms with E-state index in [4.69, 9.17) is 10.2 Å². The number of hydrogen-bond acceptors (Lipinski definition) is 2. The van der Waals surface area contributed by atoms with Crippen LogP contribution in [-0.2, 0) is 5.41 Å². The van der Waals surface area contributed by atoms with Gasteiger partial charge in [0.15, 0.2) is 0 Å². The van der Waals surface area contributed by atoms with E-state index >= 15 is 0 Å². The van der Waals surface area contributed by atoms with Crippen molar-refractivity contribution in [3.8, 4) is 0 Å². The minimum atomic E-state index is 0.122. The molecule has 0 aromatic carbocycles. The fourth-order valence-electron chi connectivity index (χ4n) is 2.35. The topological polar surface area (TPSA) is 39.2 Å². The molecule has 1 heterocycles. The van der Waals surface area contributed by atoms with Gasteiger partial charge in [-0.3, -0.25) is 0 Å². The molecule has 0 spiro atoms. The van der Waals surface area contributed by atoms with Crippen LogP contribution in [0.1, 0.15) is 31.2 Å². The molecule has 0 bridgehead atoms. The molecule has 2 N–H and O–H groups in total. The molecule has 2 saturated carbocycles. The van der Waals surface area contributed by atoms with Crippen LogP contribution in [0.2, 0.25) is 0 Å². The molecule has 2 fully saturated rings. The van der Waals surface area contributed by atoms with Gasteiger partial charge in [-0.25, -0.2) is 0 Å². The highest BCUT2D eigenvalue weighted by Gasteiger charge is 2.64. The summed E-state index contributed by atoms with van der Waals surface area (Å²) in [4.78, 5) is 0. The first-order chi connectivity index (χ1) is 5.77. The van der Waals surface area contributed by atoms with E-state index in [2.05, 4.69) is 6.07 Å². The van der Waals surface area contributed by atoms with Crippen molar-refractivity contribution in [3.63, 3.8) is 0 Å². The molecule has 64 valence electrons. The zero-order chi connectivity index (χ0) is 8.23. The second-order valence-corrected chi connectivity index (χ2v) is 4.25. The maximum Gasteiger partial charge on any atom is 0.0940 e. The Morgan fingerprint density at radius 2 is 2.00 bits per heavy atom. The second kappa shape index (κ2) is 1.77. The minimum absolute atomic E-state index is 0.122. The van der Waals surface area contributed by atoms with Crippen LogP contribution < -0.4 is 5.73 Å². The van der Waals surface area contributed by atoms with Crippen LogP contribution in [0.3, 0.4) is 0 Å². The lowest BCUT2D eigenvalue weighted by molar-refractivity contribution is 0.490. The monoisotopic (exact) mass is 163 g/mol. The van der Waals surface area contributed by atoms with Gasteiger partial charge in [-0.1, -0.05) is 0 Å². The molecule has 0 radical (unpaired) electrons. The summed E-state index contributed by atoms with van der Waals surface area (Å²) >= 11 is 0. The minimum Gasteiger partial charge on any atom is -0.472 e.